The molecule has 118 valence electrons. The Labute approximate surface area is 128 Å². The topological polar surface area (TPSA) is 60.2 Å². The summed E-state index contributed by atoms with van der Waals surface area (Å²) in [6.07, 6.45) is 3.99. The van der Waals surface area contributed by atoms with Gasteiger partial charge in [0.25, 0.3) is 0 Å². The van der Waals surface area contributed by atoms with E-state index in [1.54, 1.807) is 13.0 Å². The minimum Gasteiger partial charge on any atom is -0.488 e. The summed E-state index contributed by atoms with van der Waals surface area (Å²) in [6.45, 7) is 11.0. The number of nitrogens with two attached hydrogens (primary N) is 1. The van der Waals surface area contributed by atoms with Crippen LogP contribution in [0.1, 0.15) is 19.5 Å². The van der Waals surface area contributed by atoms with E-state index in [9.17, 15) is 8.78 Å². The Morgan fingerprint density at radius 1 is 1.41 bits per heavy atom. The van der Waals surface area contributed by atoms with Gasteiger partial charge in [-0.05, 0) is 31.7 Å². The maximum absolute atomic E-state index is 13.4. The number of rotatable bonds is 7. The molecule has 1 heterocycles. The molecule has 0 aliphatic heterocycles. The van der Waals surface area contributed by atoms with Crippen molar-refractivity contribution in [3.05, 3.63) is 77.8 Å². The zero-order valence-electron chi connectivity index (χ0n) is 12.6. The van der Waals surface area contributed by atoms with E-state index in [4.69, 9.17) is 10.5 Å². The SMILES string of the molecule is C=C(/C=C(/C)NC(=C)/C(C)=C\N)OCc1ncc(F)cc1F. The molecule has 1 aromatic heterocycles. The zero-order valence-corrected chi connectivity index (χ0v) is 12.6. The van der Waals surface area contributed by atoms with Gasteiger partial charge in [0.2, 0.25) is 0 Å². The summed E-state index contributed by atoms with van der Waals surface area (Å²) < 4.78 is 31.4. The number of allylic oxidation sites excluding steroid dienone is 3. The largest absolute Gasteiger partial charge is 0.488 e. The highest BCUT2D eigenvalue weighted by molar-refractivity contribution is 5.28. The fraction of sp³-hybridized carbons (Fsp3) is 0.188. The Morgan fingerprint density at radius 3 is 2.68 bits per heavy atom. The highest BCUT2D eigenvalue weighted by atomic mass is 19.1. The van der Waals surface area contributed by atoms with Crippen LogP contribution in [0.2, 0.25) is 0 Å². The van der Waals surface area contributed by atoms with E-state index < -0.39 is 11.6 Å². The third kappa shape index (κ3) is 5.40. The van der Waals surface area contributed by atoms with Crippen LogP contribution in [0.15, 0.2) is 60.4 Å². The molecule has 0 amide bonds. The standard InChI is InChI=1S/C16H19F2N3O/c1-10(7-19)13(4)21-11(2)5-12(3)22-9-16-15(18)6-14(17)8-20-16/h5-8,21H,3-4,9,19H2,1-2H3/b10-7-,11-5-. The van der Waals surface area contributed by atoms with Gasteiger partial charge in [-0.1, -0.05) is 13.2 Å². The van der Waals surface area contributed by atoms with Gasteiger partial charge in [-0.2, -0.15) is 0 Å². The van der Waals surface area contributed by atoms with Crippen LogP contribution in [0.4, 0.5) is 8.78 Å². The van der Waals surface area contributed by atoms with E-state index in [1.807, 2.05) is 6.92 Å². The lowest BCUT2D eigenvalue weighted by atomic mass is 10.2. The lowest BCUT2D eigenvalue weighted by Gasteiger charge is -2.11. The van der Waals surface area contributed by atoms with Crippen LogP contribution in [0.25, 0.3) is 0 Å². The molecule has 0 aliphatic rings. The van der Waals surface area contributed by atoms with Gasteiger partial charge >= 0.3 is 0 Å². The highest BCUT2D eigenvalue weighted by Gasteiger charge is 2.06. The van der Waals surface area contributed by atoms with Crippen molar-refractivity contribution in [2.75, 3.05) is 0 Å². The van der Waals surface area contributed by atoms with Gasteiger partial charge < -0.3 is 15.8 Å². The van der Waals surface area contributed by atoms with Gasteiger partial charge in [-0.25, -0.2) is 8.78 Å². The third-order valence-electron chi connectivity index (χ3n) is 2.73. The first-order chi connectivity index (χ1) is 10.3. The first kappa shape index (κ1) is 17.4. The molecular weight excluding hydrogens is 288 g/mol. The summed E-state index contributed by atoms with van der Waals surface area (Å²) in [5.74, 6) is -1.19. The monoisotopic (exact) mass is 307 g/mol. The minimum atomic E-state index is -0.760. The molecule has 0 saturated carbocycles. The molecule has 0 saturated heterocycles. The predicted octanol–water partition coefficient (Wildman–Crippen LogP) is 3.26. The summed E-state index contributed by atoms with van der Waals surface area (Å²) in [4.78, 5) is 3.62. The van der Waals surface area contributed by atoms with E-state index in [0.29, 0.717) is 11.5 Å². The number of ether oxygens (including phenoxy) is 1. The van der Waals surface area contributed by atoms with Crippen molar-refractivity contribution in [3.8, 4) is 0 Å². The van der Waals surface area contributed by atoms with Crippen LogP contribution >= 0.6 is 0 Å². The number of hydrogen-bond acceptors (Lipinski definition) is 4. The van der Waals surface area contributed by atoms with Crippen molar-refractivity contribution in [1.29, 1.82) is 0 Å². The van der Waals surface area contributed by atoms with Crippen LogP contribution in [-0.2, 0) is 11.3 Å². The van der Waals surface area contributed by atoms with Crippen molar-refractivity contribution < 1.29 is 13.5 Å². The van der Waals surface area contributed by atoms with Crippen molar-refractivity contribution in [3.63, 3.8) is 0 Å². The Bertz CT molecular complexity index is 636. The molecule has 6 heteroatoms. The molecule has 0 bridgehead atoms. The van der Waals surface area contributed by atoms with Crippen LogP contribution in [0, 0.1) is 11.6 Å². The second-order valence-electron chi connectivity index (χ2n) is 4.62. The summed E-state index contributed by atoms with van der Waals surface area (Å²) in [5, 5.41) is 3.02. The van der Waals surface area contributed by atoms with Crippen molar-refractivity contribution in [1.82, 2.24) is 10.3 Å². The average molecular weight is 307 g/mol. The molecular formula is C16H19F2N3O. The van der Waals surface area contributed by atoms with Gasteiger partial charge in [0, 0.05) is 17.5 Å². The average Bonchev–Trinajstić information content (AvgIpc) is 2.45. The van der Waals surface area contributed by atoms with Crippen molar-refractivity contribution in [2.24, 2.45) is 5.73 Å². The predicted molar refractivity (Wildman–Crippen MR) is 82.1 cm³/mol. The van der Waals surface area contributed by atoms with Crippen LogP contribution < -0.4 is 11.1 Å². The number of aromatic nitrogens is 1. The summed E-state index contributed by atoms with van der Waals surface area (Å²) in [7, 11) is 0. The zero-order chi connectivity index (χ0) is 16.7. The number of hydrogen-bond donors (Lipinski definition) is 2. The van der Waals surface area contributed by atoms with Crippen LogP contribution in [-0.4, -0.2) is 4.98 Å². The van der Waals surface area contributed by atoms with Crippen LogP contribution in [0.3, 0.4) is 0 Å². The van der Waals surface area contributed by atoms with Gasteiger partial charge in [-0.15, -0.1) is 0 Å². The van der Waals surface area contributed by atoms with Gasteiger partial charge in [0.05, 0.1) is 6.20 Å². The molecule has 0 aromatic carbocycles. The van der Waals surface area contributed by atoms with Crippen molar-refractivity contribution >= 4 is 0 Å². The second kappa shape index (κ2) is 7.97. The number of nitrogens with one attached hydrogen (secondary N) is 1. The number of pyridine rings is 1. The van der Waals surface area contributed by atoms with Crippen LogP contribution in [0.5, 0.6) is 0 Å². The van der Waals surface area contributed by atoms with E-state index >= 15 is 0 Å². The molecule has 0 fully saturated rings. The maximum atomic E-state index is 13.4. The van der Waals surface area contributed by atoms with E-state index in [0.717, 1.165) is 23.5 Å². The summed E-state index contributed by atoms with van der Waals surface area (Å²) >= 11 is 0. The Balaban J connectivity index is 2.58. The van der Waals surface area contributed by atoms with E-state index in [-0.39, 0.29) is 12.3 Å². The lowest BCUT2D eigenvalue weighted by Crippen LogP contribution is -2.11. The molecule has 0 radical (unpaired) electrons. The molecule has 4 nitrogen and oxygen atoms in total. The fourth-order valence-electron chi connectivity index (χ4n) is 1.47. The first-order valence-electron chi connectivity index (χ1n) is 6.48. The smallest absolute Gasteiger partial charge is 0.151 e. The van der Waals surface area contributed by atoms with Gasteiger partial charge in [-0.3, -0.25) is 4.98 Å². The van der Waals surface area contributed by atoms with E-state index in [2.05, 4.69) is 23.5 Å². The molecule has 1 rings (SSSR count). The van der Waals surface area contributed by atoms with Gasteiger partial charge in [0.15, 0.2) is 5.82 Å². The molecule has 22 heavy (non-hydrogen) atoms. The molecule has 0 unspecified atom stereocenters. The normalized spacial score (nSPS) is 12.0. The Hall–Kier alpha value is -2.63. The third-order valence-corrected chi connectivity index (χ3v) is 2.73. The summed E-state index contributed by atoms with van der Waals surface area (Å²) in [6, 6.07) is 0.753. The highest BCUT2D eigenvalue weighted by Crippen LogP contribution is 2.11. The Morgan fingerprint density at radius 2 is 2.09 bits per heavy atom. The maximum Gasteiger partial charge on any atom is 0.151 e. The molecule has 0 atom stereocenters. The first-order valence-corrected chi connectivity index (χ1v) is 6.48. The van der Waals surface area contributed by atoms with E-state index in [1.165, 1.54) is 6.20 Å². The molecule has 1 aromatic rings. The number of halogens is 2. The molecule has 3 N–H and O–H groups in total. The molecule has 0 spiro atoms. The quantitative estimate of drug-likeness (QED) is 0.599. The fourth-order valence-corrected chi connectivity index (χ4v) is 1.47. The van der Waals surface area contributed by atoms with Gasteiger partial charge in [0.1, 0.15) is 23.9 Å². The number of nitrogens with zero attached hydrogens (tertiary/aromatic N) is 1. The second-order valence-corrected chi connectivity index (χ2v) is 4.62. The minimum absolute atomic E-state index is 0.00730. The molecule has 0 aliphatic carbocycles. The van der Waals surface area contributed by atoms with Crippen molar-refractivity contribution in [2.45, 2.75) is 20.5 Å². The lowest BCUT2D eigenvalue weighted by molar-refractivity contribution is 0.204. The Kier molecular flexibility index (Phi) is 6.31. The summed E-state index contributed by atoms with van der Waals surface area (Å²) in [5.41, 5.74) is 7.58.